The summed E-state index contributed by atoms with van der Waals surface area (Å²) in [5.74, 6) is 0.597. The molecule has 1 saturated carbocycles. The molecular weight excluding hydrogens is 231 g/mol. The van der Waals surface area contributed by atoms with E-state index in [1.807, 2.05) is 6.20 Å². The lowest BCUT2D eigenvalue weighted by atomic mass is 9.94. The maximum absolute atomic E-state index is 13.6. The second-order valence-corrected chi connectivity index (χ2v) is 4.98. The summed E-state index contributed by atoms with van der Waals surface area (Å²) in [5, 5.41) is 0.897. The van der Waals surface area contributed by atoms with E-state index in [1.54, 1.807) is 13.2 Å². The van der Waals surface area contributed by atoms with Crippen LogP contribution in [0.1, 0.15) is 30.7 Å². The first-order valence-electron chi connectivity index (χ1n) is 6.31. The van der Waals surface area contributed by atoms with Gasteiger partial charge in [-0.05, 0) is 24.5 Å². The van der Waals surface area contributed by atoms with Gasteiger partial charge in [-0.3, -0.25) is 0 Å². The Balaban J connectivity index is 2.16. The van der Waals surface area contributed by atoms with Crippen molar-refractivity contribution in [2.24, 2.45) is 5.73 Å². The number of H-pyrrole nitrogens is 1. The number of methoxy groups -OCH3 is 1. The molecule has 2 aromatic rings. The van der Waals surface area contributed by atoms with Gasteiger partial charge in [-0.2, -0.15) is 0 Å². The first kappa shape index (κ1) is 11.5. The number of ether oxygens (including phenoxy) is 1. The molecule has 18 heavy (non-hydrogen) atoms. The Morgan fingerprint density at radius 3 is 2.89 bits per heavy atom. The SMILES string of the molecule is COc1cc(F)cc2c(C3CCCC3N)c[nH]c12. The van der Waals surface area contributed by atoms with Gasteiger partial charge in [-0.25, -0.2) is 4.39 Å². The molecule has 1 aromatic carbocycles. The largest absolute Gasteiger partial charge is 0.494 e. The van der Waals surface area contributed by atoms with Gasteiger partial charge in [0.05, 0.1) is 12.6 Å². The molecule has 2 unspecified atom stereocenters. The molecule has 2 atom stereocenters. The Morgan fingerprint density at radius 1 is 1.39 bits per heavy atom. The summed E-state index contributed by atoms with van der Waals surface area (Å²) in [7, 11) is 1.55. The summed E-state index contributed by atoms with van der Waals surface area (Å²) in [6.45, 7) is 0. The second kappa shape index (κ2) is 4.28. The lowest BCUT2D eigenvalue weighted by Gasteiger charge is -2.14. The quantitative estimate of drug-likeness (QED) is 0.858. The third kappa shape index (κ3) is 1.68. The molecule has 4 heteroatoms. The fraction of sp³-hybridized carbons (Fsp3) is 0.429. The van der Waals surface area contributed by atoms with Gasteiger partial charge in [-0.1, -0.05) is 6.42 Å². The molecule has 1 aliphatic carbocycles. The molecule has 0 amide bonds. The molecule has 1 aliphatic rings. The van der Waals surface area contributed by atoms with Crippen molar-refractivity contribution in [2.75, 3.05) is 7.11 Å². The van der Waals surface area contributed by atoms with Crippen molar-refractivity contribution >= 4 is 10.9 Å². The van der Waals surface area contributed by atoms with E-state index < -0.39 is 0 Å². The Kier molecular flexibility index (Phi) is 2.74. The Morgan fingerprint density at radius 2 is 2.22 bits per heavy atom. The van der Waals surface area contributed by atoms with Crippen LogP contribution >= 0.6 is 0 Å². The molecule has 3 rings (SSSR count). The number of nitrogens with one attached hydrogen (secondary N) is 1. The van der Waals surface area contributed by atoms with Crippen molar-refractivity contribution < 1.29 is 9.13 Å². The highest BCUT2D eigenvalue weighted by atomic mass is 19.1. The average Bonchev–Trinajstić information content (AvgIpc) is 2.93. The summed E-state index contributed by atoms with van der Waals surface area (Å²) >= 11 is 0. The Hall–Kier alpha value is -1.55. The predicted molar refractivity (Wildman–Crippen MR) is 69.4 cm³/mol. The Bertz CT molecular complexity index is 578. The number of benzene rings is 1. The number of aromatic amines is 1. The van der Waals surface area contributed by atoms with E-state index in [9.17, 15) is 4.39 Å². The second-order valence-electron chi connectivity index (χ2n) is 4.98. The van der Waals surface area contributed by atoms with Crippen molar-refractivity contribution in [1.82, 2.24) is 4.98 Å². The standard InChI is InChI=1S/C14H17FN2O/c1-18-13-6-8(15)5-10-11(7-17-14(10)13)9-3-2-4-12(9)16/h5-7,9,12,17H,2-4,16H2,1H3. The first-order valence-corrected chi connectivity index (χ1v) is 6.31. The molecular formula is C14H17FN2O. The minimum absolute atomic E-state index is 0.179. The zero-order valence-corrected chi connectivity index (χ0v) is 10.4. The van der Waals surface area contributed by atoms with Crippen LogP contribution in [-0.2, 0) is 0 Å². The number of hydrogen-bond acceptors (Lipinski definition) is 2. The number of aromatic nitrogens is 1. The van der Waals surface area contributed by atoms with Gasteiger partial charge >= 0.3 is 0 Å². The van der Waals surface area contributed by atoms with E-state index in [-0.39, 0.29) is 11.9 Å². The number of nitrogens with two attached hydrogens (primary N) is 1. The summed E-state index contributed by atoms with van der Waals surface area (Å²) in [6.07, 6.45) is 5.21. The van der Waals surface area contributed by atoms with Crippen molar-refractivity contribution in [1.29, 1.82) is 0 Å². The zero-order valence-electron chi connectivity index (χ0n) is 10.4. The highest BCUT2D eigenvalue weighted by molar-refractivity contribution is 5.89. The molecule has 3 N–H and O–H groups in total. The fourth-order valence-electron chi connectivity index (χ4n) is 3.03. The number of hydrogen-bond donors (Lipinski definition) is 2. The maximum atomic E-state index is 13.6. The summed E-state index contributed by atoms with van der Waals surface area (Å²) < 4.78 is 18.8. The lowest BCUT2D eigenvalue weighted by Crippen LogP contribution is -2.22. The van der Waals surface area contributed by atoms with Crippen molar-refractivity contribution in [3.63, 3.8) is 0 Å². The van der Waals surface area contributed by atoms with E-state index in [1.165, 1.54) is 6.07 Å². The Labute approximate surface area is 105 Å². The van der Waals surface area contributed by atoms with E-state index in [0.717, 1.165) is 35.7 Å². The van der Waals surface area contributed by atoms with Gasteiger partial charge in [0.1, 0.15) is 11.6 Å². The first-order chi connectivity index (χ1) is 8.70. The normalized spacial score (nSPS) is 23.7. The van der Waals surface area contributed by atoms with Crippen LogP contribution < -0.4 is 10.5 Å². The number of halogens is 1. The van der Waals surface area contributed by atoms with Crippen molar-refractivity contribution in [3.8, 4) is 5.75 Å². The minimum atomic E-state index is -0.272. The number of fused-ring (bicyclic) bond motifs is 1. The van der Waals surface area contributed by atoms with Gasteiger partial charge in [-0.15, -0.1) is 0 Å². The van der Waals surface area contributed by atoms with E-state index in [2.05, 4.69) is 4.98 Å². The molecule has 0 radical (unpaired) electrons. The van der Waals surface area contributed by atoms with Crippen LogP contribution in [0, 0.1) is 5.82 Å². The van der Waals surface area contributed by atoms with E-state index in [0.29, 0.717) is 11.7 Å². The fourth-order valence-corrected chi connectivity index (χ4v) is 3.03. The molecule has 0 spiro atoms. The molecule has 0 bridgehead atoms. The van der Waals surface area contributed by atoms with Crippen LogP contribution in [0.3, 0.4) is 0 Å². The van der Waals surface area contributed by atoms with Gasteiger partial charge in [0.15, 0.2) is 0 Å². The third-order valence-electron chi connectivity index (χ3n) is 3.94. The molecule has 0 saturated heterocycles. The van der Waals surface area contributed by atoms with Crippen molar-refractivity contribution in [3.05, 3.63) is 29.7 Å². The highest BCUT2D eigenvalue weighted by Gasteiger charge is 2.28. The van der Waals surface area contributed by atoms with Gasteiger partial charge < -0.3 is 15.5 Å². The molecule has 1 heterocycles. The van der Waals surface area contributed by atoms with Gasteiger partial charge in [0.2, 0.25) is 0 Å². The zero-order chi connectivity index (χ0) is 12.7. The number of rotatable bonds is 2. The minimum Gasteiger partial charge on any atom is -0.494 e. The molecule has 3 nitrogen and oxygen atoms in total. The van der Waals surface area contributed by atoms with Crippen LogP contribution in [0.2, 0.25) is 0 Å². The van der Waals surface area contributed by atoms with Crippen LogP contribution in [-0.4, -0.2) is 18.1 Å². The summed E-state index contributed by atoms with van der Waals surface area (Å²) in [6, 6.07) is 3.14. The third-order valence-corrected chi connectivity index (χ3v) is 3.94. The van der Waals surface area contributed by atoms with Crippen molar-refractivity contribution in [2.45, 2.75) is 31.2 Å². The summed E-state index contributed by atoms with van der Waals surface area (Å²) in [4.78, 5) is 3.19. The van der Waals surface area contributed by atoms with Crippen LogP contribution in [0.15, 0.2) is 18.3 Å². The van der Waals surface area contributed by atoms with Gasteiger partial charge in [0, 0.05) is 29.6 Å². The molecule has 96 valence electrons. The molecule has 0 aliphatic heterocycles. The van der Waals surface area contributed by atoms with E-state index in [4.69, 9.17) is 10.5 Å². The predicted octanol–water partition coefficient (Wildman–Crippen LogP) is 2.91. The topological polar surface area (TPSA) is 51.0 Å². The highest BCUT2D eigenvalue weighted by Crippen LogP contribution is 2.39. The smallest absolute Gasteiger partial charge is 0.145 e. The van der Waals surface area contributed by atoms with E-state index >= 15 is 0 Å². The summed E-state index contributed by atoms with van der Waals surface area (Å²) in [5.41, 5.74) is 8.10. The molecule has 1 fully saturated rings. The lowest BCUT2D eigenvalue weighted by molar-refractivity contribution is 0.416. The average molecular weight is 248 g/mol. The maximum Gasteiger partial charge on any atom is 0.145 e. The van der Waals surface area contributed by atoms with Crippen LogP contribution in [0.25, 0.3) is 10.9 Å². The molecule has 1 aromatic heterocycles. The van der Waals surface area contributed by atoms with Crippen LogP contribution in [0.4, 0.5) is 4.39 Å². The monoisotopic (exact) mass is 248 g/mol. The van der Waals surface area contributed by atoms with Crippen LogP contribution in [0.5, 0.6) is 5.75 Å². The van der Waals surface area contributed by atoms with Gasteiger partial charge in [0.25, 0.3) is 0 Å².